The summed E-state index contributed by atoms with van der Waals surface area (Å²) in [7, 11) is -1.19. The number of hydrogen-bond acceptors (Lipinski definition) is 2. The van der Waals surface area contributed by atoms with Crippen molar-refractivity contribution < 1.29 is 26.2 Å². The summed E-state index contributed by atoms with van der Waals surface area (Å²) in [5.74, 6) is 0. The van der Waals surface area contributed by atoms with Crippen LogP contribution in [-0.2, 0) is 26.2 Å². The van der Waals surface area contributed by atoms with Gasteiger partial charge in [-0.2, -0.15) is 73.9 Å². The molecule has 0 atom stereocenters. The minimum absolute atomic E-state index is 0. The molecule has 0 saturated carbocycles. The van der Waals surface area contributed by atoms with Crippen molar-refractivity contribution in [3.05, 3.63) is 181 Å². The second-order valence-corrected chi connectivity index (χ2v) is 18.7. The van der Waals surface area contributed by atoms with E-state index in [9.17, 15) is 0 Å². The predicted octanol–water partition coefficient (Wildman–Crippen LogP) is 12.4. The first-order valence-electron chi connectivity index (χ1n) is 15.2. The van der Waals surface area contributed by atoms with Gasteiger partial charge in [-0.05, 0) is 59.7 Å². The molecular formula is C41H46N2SSiZr. The monoisotopic (exact) mass is 716 g/mol. The summed E-state index contributed by atoms with van der Waals surface area (Å²) >= 11 is 1.71. The van der Waals surface area contributed by atoms with E-state index in [4.69, 9.17) is 10.3 Å². The van der Waals surface area contributed by atoms with Crippen LogP contribution in [0.4, 0.5) is 5.13 Å². The van der Waals surface area contributed by atoms with Crippen molar-refractivity contribution in [1.29, 1.82) is 0 Å². The Morgan fingerprint density at radius 3 is 1.43 bits per heavy atom. The molecule has 0 bridgehead atoms. The van der Waals surface area contributed by atoms with Gasteiger partial charge in [-0.1, -0.05) is 73.8 Å². The van der Waals surface area contributed by atoms with E-state index in [0.29, 0.717) is 0 Å². The molecule has 0 saturated heterocycles. The molecule has 5 heteroatoms. The van der Waals surface area contributed by atoms with Crippen molar-refractivity contribution >= 4 is 34.8 Å². The molecule has 0 radical (unpaired) electrons. The molecule has 6 rings (SSSR count). The quantitative estimate of drug-likeness (QED) is 0.132. The standard InChI is InChI=1S/C20H25N2SSi.3C7H7.Zr/c1-13-10-14(2)18(15(3)11-13)16-8-7-9-17-19(16)22-20(23-17)21-12-24(4,5)6;3*1-7-5-3-2-4-6-7;/h7-11H,12H2,1-6H3;3*2-6H,1H2;/q4*-1;+4. The molecule has 234 valence electrons. The van der Waals surface area contributed by atoms with Crippen LogP contribution in [0.2, 0.25) is 19.6 Å². The zero-order chi connectivity index (χ0) is 32.8. The SMILES string of the molecule is Cc1cc(C)c(-c2cccc3sc([N-]C[Si](C)(C)C)nc23)c(C)c1.[CH2-]c1ccccc1.[CH2-]c1ccccc1.[CH2-]c1ccccc1.[Zr+4]. The summed E-state index contributed by atoms with van der Waals surface area (Å²) in [5, 5.41) is 5.70. The van der Waals surface area contributed by atoms with Crippen LogP contribution < -0.4 is 0 Å². The summed E-state index contributed by atoms with van der Waals surface area (Å²) < 4.78 is 1.22. The maximum atomic E-state index is 4.87. The number of para-hydroxylation sites is 1. The van der Waals surface area contributed by atoms with Crippen molar-refractivity contribution in [2.45, 2.75) is 40.4 Å². The fraction of sp³-hybridized carbons (Fsp3) is 0.171. The molecule has 5 aromatic carbocycles. The number of fused-ring (bicyclic) bond motifs is 1. The number of hydrogen-bond donors (Lipinski definition) is 0. The summed E-state index contributed by atoms with van der Waals surface area (Å²) in [6, 6.07) is 40.6. The number of aryl methyl sites for hydroxylation is 3. The van der Waals surface area contributed by atoms with Crippen LogP contribution in [0, 0.1) is 41.5 Å². The van der Waals surface area contributed by atoms with Crippen LogP contribution in [0.25, 0.3) is 26.7 Å². The maximum Gasteiger partial charge on any atom is 4.00 e. The van der Waals surface area contributed by atoms with Gasteiger partial charge in [0.05, 0.1) is 0 Å². The molecule has 0 unspecified atom stereocenters. The van der Waals surface area contributed by atoms with Crippen molar-refractivity contribution in [2.24, 2.45) is 0 Å². The third-order valence-corrected chi connectivity index (χ3v) is 8.63. The normalized spacial score (nSPS) is 10.1. The molecule has 0 aliphatic carbocycles. The van der Waals surface area contributed by atoms with Crippen LogP contribution in [0.5, 0.6) is 0 Å². The summed E-state index contributed by atoms with van der Waals surface area (Å²) in [6.45, 7) is 24.7. The Kier molecular flexibility index (Phi) is 16.2. The molecule has 1 aromatic heterocycles. The number of nitrogens with zero attached hydrogens (tertiary/aromatic N) is 2. The van der Waals surface area contributed by atoms with E-state index in [1.165, 1.54) is 32.5 Å². The average molecular weight is 718 g/mol. The second kappa shape index (κ2) is 19.2. The molecule has 0 N–H and O–H groups in total. The molecule has 0 aliphatic heterocycles. The molecule has 2 nitrogen and oxygen atoms in total. The first kappa shape index (κ1) is 38.7. The Bertz CT molecular complexity index is 1620. The first-order chi connectivity index (χ1) is 21.4. The van der Waals surface area contributed by atoms with Crippen molar-refractivity contribution in [1.82, 2.24) is 4.98 Å². The van der Waals surface area contributed by atoms with Crippen LogP contribution >= 0.6 is 11.3 Å². The smallest absolute Gasteiger partial charge is 0.460 e. The van der Waals surface area contributed by atoms with Gasteiger partial charge in [0.1, 0.15) is 0 Å². The molecule has 0 spiro atoms. The molecule has 0 fully saturated rings. The first-order valence-corrected chi connectivity index (χ1v) is 19.7. The zero-order valence-corrected chi connectivity index (χ0v) is 32.5. The van der Waals surface area contributed by atoms with Gasteiger partial charge in [0.25, 0.3) is 0 Å². The number of benzene rings is 5. The Morgan fingerprint density at radius 2 is 1.07 bits per heavy atom. The van der Waals surface area contributed by atoms with E-state index in [1.54, 1.807) is 11.3 Å². The van der Waals surface area contributed by atoms with Crippen molar-refractivity contribution in [3.8, 4) is 11.1 Å². The van der Waals surface area contributed by atoms with Crippen molar-refractivity contribution in [2.75, 3.05) is 6.17 Å². The molecule has 46 heavy (non-hydrogen) atoms. The van der Waals surface area contributed by atoms with Gasteiger partial charge in [0.15, 0.2) is 0 Å². The van der Waals surface area contributed by atoms with Crippen LogP contribution in [0.15, 0.2) is 121 Å². The molecule has 0 aliphatic rings. The predicted molar refractivity (Wildman–Crippen MR) is 203 cm³/mol. The Labute approximate surface area is 302 Å². The largest absolute Gasteiger partial charge is 4.00 e. The van der Waals surface area contributed by atoms with E-state index in [2.05, 4.69) is 91.5 Å². The molecule has 1 heterocycles. The topological polar surface area (TPSA) is 27.0 Å². The Hall–Kier alpha value is -3.50. The zero-order valence-electron chi connectivity index (χ0n) is 28.2. The van der Waals surface area contributed by atoms with E-state index >= 15 is 0 Å². The fourth-order valence-electron chi connectivity index (χ4n) is 4.55. The summed E-state index contributed by atoms with van der Waals surface area (Å²) in [4.78, 5) is 4.87. The number of aromatic nitrogens is 1. The fourth-order valence-corrected chi connectivity index (χ4v) is 6.15. The Morgan fingerprint density at radius 1 is 0.630 bits per heavy atom. The minimum atomic E-state index is -1.19. The van der Waals surface area contributed by atoms with Gasteiger partial charge in [-0.25, -0.2) is 0 Å². The molecule has 6 aromatic rings. The van der Waals surface area contributed by atoms with E-state index in [1.807, 2.05) is 91.0 Å². The average Bonchev–Trinajstić information content (AvgIpc) is 3.42. The molecule has 0 amide bonds. The third-order valence-electron chi connectivity index (χ3n) is 6.57. The number of thiazole rings is 1. The molecular weight excluding hydrogens is 672 g/mol. The summed E-state index contributed by atoms with van der Waals surface area (Å²) in [5.41, 5.74) is 10.8. The summed E-state index contributed by atoms with van der Waals surface area (Å²) in [6.07, 6.45) is 0.935. The van der Waals surface area contributed by atoms with Crippen LogP contribution in [-0.4, -0.2) is 19.2 Å². The number of rotatable bonds is 4. The van der Waals surface area contributed by atoms with Gasteiger partial charge in [-0.15, -0.1) is 47.7 Å². The minimum Gasteiger partial charge on any atom is -0.460 e. The third kappa shape index (κ3) is 13.5. The van der Waals surface area contributed by atoms with E-state index in [-0.39, 0.29) is 26.2 Å². The Balaban J connectivity index is 0.000000270. The van der Waals surface area contributed by atoms with Crippen LogP contribution in [0.1, 0.15) is 33.4 Å². The maximum absolute atomic E-state index is 4.87. The van der Waals surface area contributed by atoms with E-state index < -0.39 is 8.07 Å². The second-order valence-electron chi connectivity index (χ2n) is 12.3. The van der Waals surface area contributed by atoms with Gasteiger partial charge in [-0.3, -0.25) is 0 Å². The van der Waals surface area contributed by atoms with Gasteiger partial charge in [0.2, 0.25) is 0 Å². The van der Waals surface area contributed by atoms with Crippen LogP contribution in [0.3, 0.4) is 0 Å². The van der Waals surface area contributed by atoms with Gasteiger partial charge >= 0.3 is 26.2 Å². The van der Waals surface area contributed by atoms with Gasteiger partial charge < -0.3 is 10.3 Å². The van der Waals surface area contributed by atoms with E-state index in [0.717, 1.165) is 33.5 Å². The van der Waals surface area contributed by atoms with Gasteiger partial charge in [0, 0.05) is 12.8 Å². The van der Waals surface area contributed by atoms with Crippen molar-refractivity contribution in [3.63, 3.8) is 0 Å².